The predicted molar refractivity (Wildman–Crippen MR) is 144 cm³/mol. The van der Waals surface area contributed by atoms with Gasteiger partial charge in [-0.15, -0.1) is 5.10 Å². The van der Waals surface area contributed by atoms with E-state index < -0.39 is 15.8 Å². The van der Waals surface area contributed by atoms with Crippen LogP contribution >= 0.6 is 11.6 Å². The smallest absolute Gasteiger partial charge is 0.214 e. The molecule has 1 aliphatic heterocycles. The highest BCUT2D eigenvalue weighted by atomic mass is 35.5. The van der Waals surface area contributed by atoms with E-state index >= 15 is 0 Å². The molecule has 1 saturated heterocycles. The number of ether oxygens (including phenoxy) is 1. The third-order valence-electron chi connectivity index (χ3n) is 6.99. The molecular weight excluding hydrogens is 545 g/mol. The molecule has 0 aliphatic carbocycles. The number of nitrogens with one attached hydrogen (secondary N) is 1. The van der Waals surface area contributed by atoms with Crippen molar-refractivity contribution in [3.8, 4) is 17.3 Å². The molecule has 4 heterocycles. The maximum Gasteiger partial charge on any atom is 0.214 e. The molecule has 0 spiro atoms. The van der Waals surface area contributed by atoms with Gasteiger partial charge in [0.1, 0.15) is 17.3 Å². The largest absolute Gasteiger partial charge is 0.497 e. The summed E-state index contributed by atoms with van der Waals surface area (Å²) in [5.41, 5.74) is 2.89. The molecule has 10 nitrogen and oxygen atoms in total. The van der Waals surface area contributed by atoms with E-state index in [1.54, 1.807) is 22.3 Å². The Labute approximate surface area is 231 Å². The van der Waals surface area contributed by atoms with Crippen LogP contribution in [0.25, 0.3) is 11.5 Å². The van der Waals surface area contributed by atoms with Crippen molar-refractivity contribution in [1.82, 2.24) is 34.3 Å². The van der Waals surface area contributed by atoms with Gasteiger partial charge in [0.25, 0.3) is 0 Å². The first-order chi connectivity index (χ1) is 18.7. The fourth-order valence-corrected chi connectivity index (χ4v) is 6.69. The van der Waals surface area contributed by atoms with Gasteiger partial charge in [0, 0.05) is 31.6 Å². The van der Waals surface area contributed by atoms with Crippen molar-refractivity contribution in [3.05, 3.63) is 76.7 Å². The molecule has 5 rings (SSSR count). The van der Waals surface area contributed by atoms with Gasteiger partial charge in [-0.1, -0.05) is 35.9 Å². The summed E-state index contributed by atoms with van der Waals surface area (Å²) in [4.78, 5) is 11.6. The van der Waals surface area contributed by atoms with Crippen LogP contribution in [0.1, 0.15) is 36.2 Å². The number of sulfonamides is 1. The number of halogens is 2. The van der Waals surface area contributed by atoms with Gasteiger partial charge in [-0.05, 0) is 42.2 Å². The highest BCUT2D eigenvalue weighted by Gasteiger charge is 2.35. The van der Waals surface area contributed by atoms with E-state index in [2.05, 4.69) is 25.3 Å². The van der Waals surface area contributed by atoms with Crippen LogP contribution in [0.5, 0.6) is 5.75 Å². The SMILES string of the molecule is COc1ccc(Cn2cc(CCS(=O)(=O)N3CC[C@@H](c4[nH]c(-c5ccc(F)cn5)nc4Cl)[C@@H](C)C3)nn2)cc1. The van der Waals surface area contributed by atoms with Crippen LogP contribution in [-0.4, -0.2) is 68.6 Å². The number of hydrogen-bond acceptors (Lipinski definition) is 7. The minimum atomic E-state index is -3.49. The van der Waals surface area contributed by atoms with Gasteiger partial charge >= 0.3 is 0 Å². The average Bonchev–Trinajstić information content (AvgIpc) is 3.54. The third kappa shape index (κ3) is 6.29. The number of aromatic nitrogens is 6. The Morgan fingerprint density at radius 3 is 2.69 bits per heavy atom. The minimum Gasteiger partial charge on any atom is -0.497 e. The van der Waals surface area contributed by atoms with Crippen LogP contribution in [0.3, 0.4) is 0 Å². The van der Waals surface area contributed by atoms with Gasteiger partial charge < -0.3 is 9.72 Å². The lowest BCUT2D eigenvalue weighted by Gasteiger charge is -2.35. The number of benzene rings is 1. The summed E-state index contributed by atoms with van der Waals surface area (Å²) in [6.07, 6.45) is 3.78. The summed E-state index contributed by atoms with van der Waals surface area (Å²) < 4.78 is 48.0. The lowest BCUT2D eigenvalue weighted by molar-refractivity contribution is 0.246. The Morgan fingerprint density at radius 1 is 1.21 bits per heavy atom. The summed E-state index contributed by atoms with van der Waals surface area (Å²) in [6, 6.07) is 10.5. The predicted octanol–water partition coefficient (Wildman–Crippen LogP) is 3.91. The second kappa shape index (κ2) is 11.4. The van der Waals surface area contributed by atoms with Gasteiger partial charge in [-0.2, -0.15) is 0 Å². The van der Waals surface area contributed by atoms with Crippen molar-refractivity contribution in [1.29, 1.82) is 0 Å². The van der Waals surface area contributed by atoms with Crippen LogP contribution in [0.2, 0.25) is 5.15 Å². The minimum absolute atomic E-state index is 0.00324. The lowest BCUT2D eigenvalue weighted by atomic mass is 9.86. The zero-order chi connectivity index (χ0) is 27.6. The van der Waals surface area contributed by atoms with E-state index in [4.69, 9.17) is 16.3 Å². The van der Waals surface area contributed by atoms with Gasteiger partial charge in [0.2, 0.25) is 10.0 Å². The number of imidazole rings is 1. The molecule has 206 valence electrons. The van der Waals surface area contributed by atoms with Crippen molar-refractivity contribution in [2.75, 3.05) is 26.0 Å². The van der Waals surface area contributed by atoms with Crippen LogP contribution < -0.4 is 4.74 Å². The molecule has 1 fully saturated rings. The summed E-state index contributed by atoms with van der Waals surface area (Å²) in [5.74, 6) is 0.765. The maximum atomic E-state index is 13.2. The molecule has 0 saturated carbocycles. The molecular formula is C26H29ClFN7O3S. The molecule has 1 N–H and O–H groups in total. The van der Waals surface area contributed by atoms with Crippen LogP contribution in [0, 0.1) is 11.7 Å². The average molecular weight is 574 g/mol. The Bertz CT molecular complexity index is 1520. The number of rotatable bonds is 9. The number of H-pyrrole nitrogens is 1. The fraction of sp³-hybridized carbons (Fsp3) is 0.385. The van der Waals surface area contributed by atoms with E-state index in [-0.39, 0.29) is 24.0 Å². The number of nitrogens with zero attached hydrogens (tertiary/aromatic N) is 6. The standard InChI is InChI=1S/C26H29ClFN7O3S/c1-17-14-35(11-9-22(17)24-25(27)31-26(30-24)23-8-5-19(28)13-29-23)39(36,37)12-10-20-16-34(33-32-20)15-18-3-6-21(38-2)7-4-18/h3-8,13,16-17,22H,9-12,14-15H2,1-2H3,(H,30,31)/t17-,22+/m0/s1. The molecule has 4 aromatic rings. The second-order valence-corrected chi connectivity index (χ2v) is 12.2. The Hall–Kier alpha value is -3.35. The molecule has 2 atom stereocenters. The first-order valence-corrected chi connectivity index (χ1v) is 14.6. The van der Waals surface area contributed by atoms with Gasteiger partial charge in [-0.25, -0.2) is 31.8 Å². The van der Waals surface area contributed by atoms with Crippen LogP contribution in [0.4, 0.5) is 4.39 Å². The van der Waals surface area contributed by atoms with Gasteiger partial charge in [0.15, 0.2) is 11.0 Å². The molecule has 1 aromatic carbocycles. The second-order valence-electron chi connectivity index (χ2n) is 9.70. The summed E-state index contributed by atoms with van der Waals surface area (Å²) in [6.45, 7) is 3.28. The summed E-state index contributed by atoms with van der Waals surface area (Å²) in [7, 11) is -1.87. The number of piperidine rings is 1. The molecule has 0 amide bonds. The maximum absolute atomic E-state index is 13.2. The number of aryl methyl sites for hydroxylation is 1. The molecule has 1 aliphatic rings. The molecule has 3 aromatic heterocycles. The molecule has 13 heteroatoms. The number of hydrogen-bond donors (Lipinski definition) is 1. The Kier molecular flexibility index (Phi) is 7.96. The lowest BCUT2D eigenvalue weighted by Crippen LogP contribution is -2.43. The van der Waals surface area contributed by atoms with Crippen molar-refractivity contribution >= 4 is 21.6 Å². The zero-order valence-corrected chi connectivity index (χ0v) is 23.2. The normalized spacial score (nSPS) is 18.4. The summed E-state index contributed by atoms with van der Waals surface area (Å²) >= 11 is 6.44. The Morgan fingerprint density at radius 2 is 2.00 bits per heavy atom. The molecule has 39 heavy (non-hydrogen) atoms. The molecule has 0 radical (unpaired) electrons. The molecule has 0 unspecified atom stereocenters. The van der Waals surface area contributed by atoms with Crippen LogP contribution in [-0.2, 0) is 23.0 Å². The van der Waals surface area contributed by atoms with E-state index in [1.165, 1.54) is 12.1 Å². The fourth-order valence-electron chi connectivity index (χ4n) is 4.85. The highest BCUT2D eigenvalue weighted by molar-refractivity contribution is 7.89. The van der Waals surface area contributed by atoms with Crippen molar-refractivity contribution in [2.45, 2.75) is 32.2 Å². The van der Waals surface area contributed by atoms with Gasteiger partial charge in [-0.3, -0.25) is 0 Å². The first-order valence-electron chi connectivity index (χ1n) is 12.6. The number of methoxy groups -OCH3 is 1. The number of aromatic amines is 1. The zero-order valence-electron chi connectivity index (χ0n) is 21.6. The van der Waals surface area contributed by atoms with Crippen molar-refractivity contribution in [2.24, 2.45) is 5.92 Å². The highest BCUT2D eigenvalue weighted by Crippen LogP contribution is 2.37. The molecule has 0 bridgehead atoms. The van der Waals surface area contributed by atoms with Gasteiger partial charge in [0.05, 0.1) is 37.0 Å². The van der Waals surface area contributed by atoms with E-state index in [0.29, 0.717) is 48.4 Å². The first kappa shape index (κ1) is 27.2. The summed E-state index contributed by atoms with van der Waals surface area (Å²) in [5, 5.41) is 8.62. The monoisotopic (exact) mass is 573 g/mol. The van der Waals surface area contributed by atoms with E-state index in [9.17, 15) is 12.8 Å². The third-order valence-corrected chi connectivity index (χ3v) is 9.12. The van der Waals surface area contributed by atoms with Crippen molar-refractivity contribution in [3.63, 3.8) is 0 Å². The number of pyridine rings is 1. The van der Waals surface area contributed by atoms with E-state index in [1.807, 2.05) is 31.2 Å². The van der Waals surface area contributed by atoms with Crippen LogP contribution in [0.15, 0.2) is 48.8 Å². The Balaban J connectivity index is 1.18. The quantitative estimate of drug-likeness (QED) is 0.322. The van der Waals surface area contributed by atoms with Crippen molar-refractivity contribution < 1.29 is 17.5 Å². The van der Waals surface area contributed by atoms with E-state index in [0.717, 1.165) is 23.2 Å². The topological polar surface area (TPSA) is 119 Å².